The van der Waals surface area contributed by atoms with Gasteiger partial charge in [0.25, 0.3) is 5.69 Å². The van der Waals surface area contributed by atoms with Crippen LogP contribution in [0.15, 0.2) is 18.2 Å². The highest BCUT2D eigenvalue weighted by molar-refractivity contribution is 5.82. The molecule has 1 heterocycles. The van der Waals surface area contributed by atoms with E-state index in [0.717, 1.165) is 5.56 Å². The van der Waals surface area contributed by atoms with Gasteiger partial charge in [-0.3, -0.25) is 14.9 Å². The molecule has 1 aliphatic rings. The van der Waals surface area contributed by atoms with Crippen molar-refractivity contribution in [3.8, 4) is 0 Å². The highest BCUT2D eigenvalue weighted by atomic mass is 19.4. The summed E-state index contributed by atoms with van der Waals surface area (Å²) < 4.78 is 37.4. The fourth-order valence-electron chi connectivity index (χ4n) is 2.21. The molecule has 5 nitrogen and oxygen atoms in total. The summed E-state index contributed by atoms with van der Waals surface area (Å²) in [5.74, 6) is -1.91. The molecule has 0 aromatic heterocycles. The van der Waals surface area contributed by atoms with Crippen molar-refractivity contribution in [1.29, 1.82) is 0 Å². The van der Waals surface area contributed by atoms with Crippen LogP contribution in [0.1, 0.15) is 17.5 Å². The highest BCUT2D eigenvalue weighted by Gasteiger charge is 2.42. The minimum absolute atomic E-state index is 0.0131. The average molecular weight is 288 g/mol. The molecule has 0 aliphatic carbocycles. The predicted molar refractivity (Wildman–Crippen MR) is 62.9 cm³/mol. The van der Waals surface area contributed by atoms with Crippen LogP contribution in [-0.4, -0.2) is 28.5 Å². The lowest BCUT2D eigenvalue weighted by molar-refractivity contribution is -0.384. The van der Waals surface area contributed by atoms with Gasteiger partial charge in [0, 0.05) is 25.2 Å². The number of hydrogen-bond donors (Lipinski definition) is 0. The third-order valence-electron chi connectivity index (χ3n) is 3.17. The molecule has 1 aromatic rings. The summed E-state index contributed by atoms with van der Waals surface area (Å²) in [7, 11) is 0. The molecule has 108 valence electrons. The number of carbonyl (C=O) groups is 1. The zero-order valence-corrected chi connectivity index (χ0v) is 10.3. The molecule has 20 heavy (non-hydrogen) atoms. The molecule has 0 fully saturated rings. The highest BCUT2D eigenvalue weighted by Crippen LogP contribution is 2.26. The summed E-state index contributed by atoms with van der Waals surface area (Å²) in [6.07, 6.45) is -4.03. The summed E-state index contributed by atoms with van der Waals surface area (Å²) in [5.41, 5.74) is 0.951. The zero-order chi connectivity index (χ0) is 14.9. The molecule has 0 spiro atoms. The topological polar surface area (TPSA) is 63.5 Å². The number of amides is 1. The lowest BCUT2D eigenvalue weighted by atomic mass is 10.0. The molecule has 0 atom stereocenters. The van der Waals surface area contributed by atoms with Gasteiger partial charge in [0.15, 0.2) is 0 Å². The minimum Gasteiger partial charge on any atom is -0.331 e. The Morgan fingerprint density at radius 1 is 1.30 bits per heavy atom. The van der Waals surface area contributed by atoms with Crippen molar-refractivity contribution in [3.05, 3.63) is 39.4 Å². The van der Waals surface area contributed by atoms with E-state index in [1.807, 2.05) is 0 Å². The van der Waals surface area contributed by atoms with Gasteiger partial charge in [-0.15, -0.1) is 0 Å². The van der Waals surface area contributed by atoms with Gasteiger partial charge in [0.2, 0.25) is 0 Å². The molecule has 0 N–H and O–H groups in total. The van der Waals surface area contributed by atoms with E-state index in [4.69, 9.17) is 0 Å². The Bertz CT molecular complexity index is 557. The number of nitro groups is 1. The summed E-state index contributed by atoms with van der Waals surface area (Å²) in [4.78, 5) is 22.0. The normalized spacial score (nSPS) is 15.4. The SMILES string of the molecule is O=C(N1CCCc2ccc([N+](=O)[O-])cc2C1)C(F)(F)F. The molecule has 1 aliphatic heterocycles. The van der Waals surface area contributed by atoms with Gasteiger partial charge in [-0.1, -0.05) is 6.07 Å². The van der Waals surface area contributed by atoms with E-state index in [1.54, 1.807) is 0 Å². The first-order valence-corrected chi connectivity index (χ1v) is 5.91. The Kier molecular flexibility index (Phi) is 3.65. The van der Waals surface area contributed by atoms with E-state index in [2.05, 4.69) is 0 Å². The van der Waals surface area contributed by atoms with Crippen LogP contribution in [0.3, 0.4) is 0 Å². The van der Waals surface area contributed by atoms with Crippen LogP contribution in [0, 0.1) is 10.1 Å². The Balaban J connectivity index is 2.31. The van der Waals surface area contributed by atoms with Gasteiger partial charge in [-0.05, 0) is 24.0 Å². The van der Waals surface area contributed by atoms with Crippen molar-refractivity contribution in [2.45, 2.75) is 25.6 Å². The number of benzene rings is 1. The van der Waals surface area contributed by atoms with Crippen molar-refractivity contribution < 1.29 is 22.9 Å². The standard InChI is InChI=1S/C12H11F3N2O3/c13-12(14,15)11(18)16-5-1-2-8-3-4-10(17(19)20)6-9(8)7-16/h3-4,6H,1-2,5,7H2. The molecule has 2 rings (SSSR count). The quantitative estimate of drug-likeness (QED) is 0.589. The average Bonchev–Trinajstić information content (AvgIpc) is 2.57. The number of fused-ring (bicyclic) bond motifs is 1. The zero-order valence-electron chi connectivity index (χ0n) is 10.3. The summed E-state index contributed by atoms with van der Waals surface area (Å²) >= 11 is 0. The maximum Gasteiger partial charge on any atom is 0.471 e. The molecule has 1 amide bonds. The van der Waals surface area contributed by atoms with Crippen molar-refractivity contribution >= 4 is 11.6 Å². The van der Waals surface area contributed by atoms with E-state index in [9.17, 15) is 28.1 Å². The molecule has 1 aromatic carbocycles. The van der Waals surface area contributed by atoms with Crippen LogP contribution in [0.5, 0.6) is 0 Å². The summed E-state index contributed by atoms with van der Waals surface area (Å²) in [5, 5.41) is 10.7. The summed E-state index contributed by atoms with van der Waals surface area (Å²) in [6.45, 7) is -0.268. The first kappa shape index (κ1) is 14.3. The smallest absolute Gasteiger partial charge is 0.331 e. The number of nitrogens with zero attached hydrogens (tertiary/aromatic N) is 2. The second-order valence-corrected chi connectivity index (χ2v) is 4.54. The number of halogens is 3. The lowest BCUT2D eigenvalue weighted by Gasteiger charge is -2.21. The van der Waals surface area contributed by atoms with Crippen LogP contribution in [0.2, 0.25) is 0 Å². The Morgan fingerprint density at radius 3 is 2.60 bits per heavy atom. The van der Waals surface area contributed by atoms with Gasteiger partial charge in [0.1, 0.15) is 0 Å². The first-order valence-electron chi connectivity index (χ1n) is 5.91. The van der Waals surface area contributed by atoms with Crippen molar-refractivity contribution in [1.82, 2.24) is 4.90 Å². The molecule has 0 unspecified atom stereocenters. The molecular formula is C12H11F3N2O3. The number of nitro benzene ring substituents is 1. The monoisotopic (exact) mass is 288 g/mol. The van der Waals surface area contributed by atoms with Crippen molar-refractivity contribution in [3.63, 3.8) is 0 Å². The molecule has 0 radical (unpaired) electrons. The molecule has 8 heteroatoms. The van der Waals surface area contributed by atoms with Crippen LogP contribution in [0.4, 0.5) is 18.9 Å². The number of carbonyl (C=O) groups excluding carboxylic acids is 1. The molecule has 0 bridgehead atoms. The lowest BCUT2D eigenvalue weighted by Crippen LogP contribution is -2.40. The Morgan fingerprint density at radius 2 is 2.00 bits per heavy atom. The Labute approximate surface area is 112 Å². The van der Waals surface area contributed by atoms with Crippen molar-refractivity contribution in [2.24, 2.45) is 0 Å². The van der Waals surface area contributed by atoms with E-state index in [-0.39, 0.29) is 18.8 Å². The fourth-order valence-corrected chi connectivity index (χ4v) is 2.21. The molecule has 0 saturated carbocycles. The molecular weight excluding hydrogens is 277 g/mol. The summed E-state index contributed by atoms with van der Waals surface area (Å²) in [6, 6.07) is 4.09. The first-order chi connectivity index (χ1) is 9.29. The maximum absolute atomic E-state index is 12.5. The second-order valence-electron chi connectivity index (χ2n) is 4.54. The number of alkyl halides is 3. The van der Waals surface area contributed by atoms with Crippen LogP contribution in [-0.2, 0) is 17.8 Å². The predicted octanol–water partition coefficient (Wildman–Crippen LogP) is 2.43. The van der Waals surface area contributed by atoms with Gasteiger partial charge in [-0.2, -0.15) is 13.2 Å². The van der Waals surface area contributed by atoms with E-state index in [0.29, 0.717) is 23.3 Å². The van der Waals surface area contributed by atoms with E-state index < -0.39 is 17.0 Å². The van der Waals surface area contributed by atoms with E-state index >= 15 is 0 Å². The Hall–Kier alpha value is -2.12. The van der Waals surface area contributed by atoms with Crippen LogP contribution < -0.4 is 0 Å². The minimum atomic E-state index is -4.93. The maximum atomic E-state index is 12.5. The van der Waals surface area contributed by atoms with Crippen molar-refractivity contribution in [2.75, 3.05) is 6.54 Å². The molecule has 0 saturated heterocycles. The number of non-ortho nitro benzene ring substituents is 1. The third kappa shape index (κ3) is 2.89. The second kappa shape index (κ2) is 5.10. The number of rotatable bonds is 1. The third-order valence-corrected chi connectivity index (χ3v) is 3.17. The van der Waals surface area contributed by atoms with Gasteiger partial charge >= 0.3 is 12.1 Å². The largest absolute Gasteiger partial charge is 0.471 e. The van der Waals surface area contributed by atoms with Gasteiger partial charge in [0.05, 0.1) is 4.92 Å². The van der Waals surface area contributed by atoms with Gasteiger partial charge < -0.3 is 4.90 Å². The van der Waals surface area contributed by atoms with Crippen LogP contribution in [0.25, 0.3) is 0 Å². The van der Waals surface area contributed by atoms with E-state index in [1.165, 1.54) is 18.2 Å². The number of hydrogen-bond acceptors (Lipinski definition) is 3. The van der Waals surface area contributed by atoms with Crippen LogP contribution >= 0.6 is 0 Å². The fraction of sp³-hybridized carbons (Fsp3) is 0.417. The van der Waals surface area contributed by atoms with Gasteiger partial charge in [-0.25, -0.2) is 0 Å². The number of aryl methyl sites for hydroxylation is 1.